The molecule has 2 N–H and O–H groups in total. The van der Waals surface area contributed by atoms with Crippen molar-refractivity contribution in [1.29, 1.82) is 0 Å². The zero-order chi connectivity index (χ0) is 11.6. The van der Waals surface area contributed by atoms with Crippen molar-refractivity contribution in [2.75, 3.05) is 33.3 Å². The monoisotopic (exact) mass is 228 g/mol. The lowest BCUT2D eigenvalue weighted by molar-refractivity contribution is -0.0408. The summed E-state index contributed by atoms with van der Waals surface area (Å²) in [5, 5.41) is 12.5. The third kappa shape index (κ3) is 2.74. The van der Waals surface area contributed by atoms with Gasteiger partial charge in [0.05, 0.1) is 18.8 Å². The molecule has 0 amide bonds. The van der Waals surface area contributed by atoms with Gasteiger partial charge in [-0.05, 0) is 33.2 Å². The number of likely N-dealkylation sites (tertiary alicyclic amines) is 1. The highest BCUT2D eigenvalue weighted by Gasteiger charge is 2.34. The van der Waals surface area contributed by atoms with Crippen LogP contribution in [0, 0.1) is 0 Å². The van der Waals surface area contributed by atoms with Crippen LogP contribution in [0.1, 0.15) is 26.2 Å². The average molecular weight is 228 g/mol. The van der Waals surface area contributed by atoms with E-state index < -0.39 is 0 Å². The van der Waals surface area contributed by atoms with Crippen LogP contribution in [0.2, 0.25) is 0 Å². The highest BCUT2D eigenvalue weighted by molar-refractivity contribution is 4.87. The van der Waals surface area contributed by atoms with Crippen molar-refractivity contribution >= 4 is 0 Å². The summed E-state index contributed by atoms with van der Waals surface area (Å²) in [6.07, 6.45) is 4.37. The highest BCUT2D eigenvalue weighted by atomic mass is 16.5. The van der Waals surface area contributed by atoms with Gasteiger partial charge in [-0.25, -0.2) is 0 Å². The van der Waals surface area contributed by atoms with E-state index in [9.17, 15) is 5.11 Å². The van der Waals surface area contributed by atoms with Crippen molar-refractivity contribution in [2.45, 2.75) is 43.9 Å². The van der Waals surface area contributed by atoms with E-state index in [2.05, 4.69) is 17.1 Å². The van der Waals surface area contributed by atoms with Crippen LogP contribution in [-0.2, 0) is 4.74 Å². The fourth-order valence-corrected chi connectivity index (χ4v) is 2.57. The smallest absolute Gasteiger partial charge is 0.0707 e. The summed E-state index contributed by atoms with van der Waals surface area (Å²) in [5.74, 6) is 0. The number of hydrogen-bond acceptors (Lipinski definition) is 4. The Balaban J connectivity index is 1.78. The number of morpholine rings is 1. The summed E-state index contributed by atoms with van der Waals surface area (Å²) in [5.41, 5.74) is -0.142. The first-order chi connectivity index (χ1) is 7.65. The Morgan fingerprint density at radius 1 is 1.38 bits per heavy atom. The van der Waals surface area contributed by atoms with Crippen LogP contribution in [0.4, 0.5) is 0 Å². The summed E-state index contributed by atoms with van der Waals surface area (Å²) in [6.45, 7) is 5.46. The van der Waals surface area contributed by atoms with E-state index in [-0.39, 0.29) is 12.1 Å². The molecule has 0 aromatic carbocycles. The van der Waals surface area contributed by atoms with Crippen LogP contribution < -0.4 is 5.32 Å². The number of fused-ring (bicyclic) bond motifs is 2. The minimum Gasteiger partial charge on any atom is -0.394 e. The van der Waals surface area contributed by atoms with Gasteiger partial charge in [0.25, 0.3) is 0 Å². The zero-order valence-electron chi connectivity index (χ0n) is 10.4. The molecule has 0 aromatic rings. The second kappa shape index (κ2) is 5.00. The summed E-state index contributed by atoms with van der Waals surface area (Å²) in [7, 11) is 1.92. The number of aliphatic hydroxyl groups is 1. The molecule has 2 fully saturated rings. The first-order valence-corrected chi connectivity index (χ1v) is 6.33. The molecule has 4 heteroatoms. The van der Waals surface area contributed by atoms with E-state index in [1.165, 1.54) is 12.8 Å². The standard InChI is InChI=1S/C12H24N2O2/c1-12(9-15,13-2)5-6-14-7-10-3-4-11(8-14)16-10/h10-11,13,15H,3-9H2,1-2H3. The Bertz CT molecular complexity index is 219. The molecule has 2 rings (SSSR count). The molecule has 0 aliphatic carbocycles. The highest BCUT2D eigenvalue weighted by Crippen LogP contribution is 2.26. The summed E-state index contributed by atoms with van der Waals surface area (Å²) >= 11 is 0. The van der Waals surface area contributed by atoms with Gasteiger partial charge in [-0.2, -0.15) is 0 Å². The van der Waals surface area contributed by atoms with Gasteiger partial charge in [-0.15, -0.1) is 0 Å². The lowest BCUT2D eigenvalue weighted by Gasteiger charge is -2.35. The summed E-state index contributed by atoms with van der Waals surface area (Å²) < 4.78 is 5.81. The van der Waals surface area contributed by atoms with Gasteiger partial charge in [0.1, 0.15) is 0 Å². The van der Waals surface area contributed by atoms with E-state index >= 15 is 0 Å². The maximum absolute atomic E-state index is 9.33. The van der Waals surface area contributed by atoms with Crippen molar-refractivity contribution in [3.8, 4) is 0 Å². The van der Waals surface area contributed by atoms with Crippen LogP contribution >= 0.6 is 0 Å². The van der Waals surface area contributed by atoms with Gasteiger partial charge in [0.15, 0.2) is 0 Å². The molecule has 2 heterocycles. The Kier molecular flexibility index (Phi) is 3.85. The number of nitrogens with one attached hydrogen (secondary N) is 1. The lowest BCUT2D eigenvalue weighted by atomic mass is 9.99. The molecule has 94 valence electrons. The Hall–Kier alpha value is -0.160. The van der Waals surface area contributed by atoms with Crippen molar-refractivity contribution in [1.82, 2.24) is 10.2 Å². The SMILES string of the molecule is CNC(C)(CO)CCN1CC2CCC(C1)O2. The number of nitrogens with zero attached hydrogens (tertiary/aromatic N) is 1. The van der Waals surface area contributed by atoms with Crippen LogP contribution in [0.3, 0.4) is 0 Å². The Labute approximate surface area is 98.0 Å². The maximum atomic E-state index is 9.33. The predicted octanol–water partition coefficient (Wildman–Crippen LogP) is 0.210. The van der Waals surface area contributed by atoms with Gasteiger partial charge in [0.2, 0.25) is 0 Å². The molecule has 0 saturated carbocycles. The normalized spacial score (nSPS) is 33.9. The van der Waals surface area contributed by atoms with Gasteiger partial charge >= 0.3 is 0 Å². The number of aliphatic hydroxyl groups excluding tert-OH is 1. The van der Waals surface area contributed by atoms with E-state index in [1.54, 1.807) is 0 Å². The quantitative estimate of drug-likeness (QED) is 0.706. The van der Waals surface area contributed by atoms with Crippen molar-refractivity contribution in [3.63, 3.8) is 0 Å². The molecule has 4 nitrogen and oxygen atoms in total. The second-order valence-corrected chi connectivity index (χ2v) is 5.44. The topological polar surface area (TPSA) is 44.7 Å². The Morgan fingerprint density at radius 3 is 2.50 bits per heavy atom. The third-order valence-corrected chi connectivity index (χ3v) is 4.05. The first kappa shape index (κ1) is 12.3. The molecular formula is C12H24N2O2. The fraction of sp³-hybridized carbons (Fsp3) is 1.00. The van der Waals surface area contributed by atoms with Crippen molar-refractivity contribution < 1.29 is 9.84 Å². The molecule has 3 unspecified atom stereocenters. The van der Waals surface area contributed by atoms with Crippen LogP contribution in [0.25, 0.3) is 0 Å². The van der Waals surface area contributed by atoms with Gasteiger partial charge in [-0.3, -0.25) is 4.90 Å². The molecule has 0 spiro atoms. The zero-order valence-corrected chi connectivity index (χ0v) is 10.4. The maximum Gasteiger partial charge on any atom is 0.0707 e. The number of hydrogen-bond donors (Lipinski definition) is 2. The predicted molar refractivity (Wildman–Crippen MR) is 63.5 cm³/mol. The molecule has 0 radical (unpaired) electrons. The van der Waals surface area contributed by atoms with E-state index in [0.717, 1.165) is 26.1 Å². The molecular weight excluding hydrogens is 204 g/mol. The lowest BCUT2D eigenvalue weighted by Crippen LogP contribution is -2.49. The van der Waals surface area contributed by atoms with Crippen LogP contribution in [0.5, 0.6) is 0 Å². The summed E-state index contributed by atoms with van der Waals surface area (Å²) in [6, 6.07) is 0. The fourth-order valence-electron chi connectivity index (χ4n) is 2.57. The van der Waals surface area contributed by atoms with Crippen LogP contribution in [0.15, 0.2) is 0 Å². The molecule has 0 aromatic heterocycles. The first-order valence-electron chi connectivity index (χ1n) is 6.33. The third-order valence-electron chi connectivity index (χ3n) is 4.05. The molecule has 2 aliphatic rings. The van der Waals surface area contributed by atoms with E-state index in [1.807, 2.05) is 7.05 Å². The molecule has 2 aliphatic heterocycles. The van der Waals surface area contributed by atoms with Gasteiger partial charge in [-0.1, -0.05) is 0 Å². The van der Waals surface area contributed by atoms with Gasteiger partial charge in [0, 0.05) is 25.2 Å². The largest absolute Gasteiger partial charge is 0.394 e. The molecule has 16 heavy (non-hydrogen) atoms. The van der Waals surface area contributed by atoms with E-state index in [4.69, 9.17) is 4.74 Å². The van der Waals surface area contributed by atoms with Crippen molar-refractivity contribution in [2.24, 2.45) is 0 Å². The number of likely N-dealkylation sites (N-methyl/N-ethyl adjacent to an activating group) is 1. The second-order valence-electron chi connectivity index (χ2n) is 5.44. The van der Waals surface area contributed by atoms with Crippen molar-refractivity contribution in [3.05, 3.63) is 0 Å². The minimum absolute atomic E-state index is 0.142. The average Bonchev–Trinajstić information content (AvgIpc) is 2.66. The molecule has 2 saturated heterocycles. The summed E-state index contributed by atoms with van der Waals surface area (Å²) in [4.78, 5) is 2.48. The molecule has 2 bridgehead atoms. The Morgan fingerprint density at radius 2 is 2.00 bits per heavy atom. The van der Waals surface area contributed by atoms with E-state index in [0.29, 0.717) is 12.2 Å². The van der Waals surface area contributed by atoms with Gasteiger partial charge < -0.3 is 15.2 Å². The van der Waals surface area contributed by atoms with Crippen LogP contribution in [-0.4, -0.2) is 61.0 Å². The minimum atomic E-state index is -0.142. The molecule has 3 atom stereocenters. The number of ether oxygens (including phenoxy) is 1. The number of rotatable bonds is 5.